The quantitative estimate of drug-likeness (QED) is 0.726. The third-order valence-electron chi connectivity index (χ3n) is 1.66. The second-order valence-corrected chi connectivity index (χ2v) is 4.56. The van der Waals surface area contributed by atoms with Crippen molar-refractivity contribution in [1.82, 2.24) is 9.78 Å². The van der Waals surface area contributed by atoms with Gasteiger partial charge in [0.2, 0.25) is 0 Å². The van der Waals surface area contributed by atoms with Crippen LogP contribution >= 0.6 is 0 Å². The Morgan fingerprint density at radius 3 is 2.50 bits per heavy atom. The molecule has 0 saturated carbocycles. The molecule has 1 aromatic rings. The molecular weight excluding hydrogens is 180 g/mol. The summed E-state index contributed by atoms with van der Waals surface area (Å²) in [5.74, 6) is -0.588. The van der Waals surface area contributed by atoms with Crippen molar-refractivity contribution in [3.05, 3.63) is 11.9 Å². The van der Waals surface area contributed by atoms with Crippen LogP contribution in [0.15, 0.2) is 6.20 Å². The second kappa shape index (κ2) is 3.32. The molecule has 14 heavy (non-hydrogen) atoms. The Morgan fingerprint density at radius 1 is 1.57 bits per heavy atom. The molecule has 0 bridgehead atoms. The van der Waals surface area contributed by atoms with Gasteiger partial charge in [-0.2, -0.15) is 5.10 Å². The molecule has 5 nitrogen and oxygen atoms in total. The maximum Gasteiger partial charge on any atom is 0.271 e. The predicted octanol–water partition coefficient (Wildman–Crippen LogP) is 0.610. The van der Waals surface area contributed by atoms with Crippen molar-refractivity contribution in [2.75, 3.05) is 5.73 Å². The summed E-state index contributed by atoms with van der Waals surface area (Å²) in [5, 5.41) is 4.01. The summed E-state index contributed by atoms with van der Waals surface area (Å²) >= 11 is 0. The van der Waals surface area contributed by atoms with E-state index in [1.807, 2.05) is 0 Å². The fourth-order valence-corrected chi connectivity index (χ4v) is 1.20. The van der Waals surface area contributed by atoms with E-state index in [1.54, 1.807) is 10.9 Å². The first kappa shape index (κ1) is 10.6. The molecule has 78 valence electrons. The highest BCUT2D eigenvalue weighted by atomic mass is 16.1. The molecule has 0 aliphatic heterocycles. The van der Waals surface area contributed by atoms with E-state index >= 15 is 0 Å². The molecule has 0 atom stereocenters. The van der Waals surface area contributed by atoms with Crippen LogP contribution in [0.25, 0.3) is 0 Å². The number of aromatic nitrogens is 2. The minimum atomic E-state index is -0.588. The molecule has 0 unspecified atom stereocenters. The normalized spacial score (nSPS) is 11.6. The van der Waals surface area contributed by atoms with E-state index in [9.17, 15) is 4.79 Å². The number of carbonyl (C=O) groups excluding carboxylic acids is 1. The lowest BCUT2D eigenvalue weighted by atomic mass is 9.97. The van der Waals surface area contributed by atoms with Gasteiger partial charge in [-0.25, -0.2) is 0 Å². The molecule has 1 rings (SSSR count). The van der Waals surface area contributed by atoms with Gasteiger partial charge in [-0.05, 0) is 5.41 Å². The standard InChI is InChI=1S/C9H16N4O/c1-9(2,3)5-13-4-6(10)7(12-13)8(11)14/h4H,5,10H2,1-3H3,(H2,11,14). The lowest BCUT2D eigenvalue weighted by Crippen LogP contribution is -2.18. The SMILES string of the molecule is CC(C)(C)Cn1cc(N)c(C(N)=O)n1. The summed E-state index contributed by atoms with van der Waals surface area (Å²) < 4.78 is 1.65. The smallest absolute Gasteiger partial charge is 0.271 e. The molecule has 0 aromatic carbocycles. The number of hydrogen-bond acceptors (Lipinski definition) is 3. The summed E-state index contributed by atoms with van der Waals surface area (Å²) in [6.45, 7) is 6.93. The Morgan fingerprint density at radius 2 is 2.14 bits per heavy atom. The van der Waals surface area contributed by atoms with Crippen molar-refractivity contribution in [3.63, 3.8) is 0 Å². The first-order valence-corrected chi connectivity index (χ1v) is 4.42. The molecular formula is C9H16N4O. The zero-order chi connectivity index (χ0) is 10.9. The summed E-state index contributed by atoms with van der Waals surface area (Å²) in [6, 6.07) is 0. The summed E-state index contributed by atoms with van der Waals surface area (Å²) in [7, 11) is 0. The number of primary amides is 1. The monoisotopic (exact) mass is 196 g/mol. The van der Waals surface area contributed by atoms with Gasteiger partial charge in [-0.15, -0.1) is 0 Å². The number of hydrogen-bond donors (Lipinski definition) is 2. The fourth-order valence-electron chi connectivity index (χ4n) is 1.20. The lowest BCUT2D eigenvalue weighted by molar-refractivity contribution is 0.0995. The van der Waals surface area contributed by atoms with E-state index in [4.69, 9.17) is 11.5 Å². The van der Waals surface area contributed by atoms with Crippen LogP contribution in [0.1, 0.15) is 31.3 Å². The van der Waals surface area contributed by atoms with Gasteiger partial charge >= 0.3 is 0 Å². The third kappa shape index (κ3) is 2.48. The van der Waals surface area contributed by atoms with Gasteiger partial charge in [0.25, 0.3) is 5.91 Å². The molecule has 0 radical (unpaired) electrons. The molecule has 0 fully saturated rings. The van der Waals surface area contributed by atoms with E-state index in [0.717, 1.165) is 0 Å². The van der Waals surface area contributed by atoms with Gasteiger partial charge in [0, 0.05) is 12.7 Å². The van der Waals surface area contributed by atoms with Gasteiger partial charge in [-0.1, -0.05) is 20.8 Å². The van der Waals surface area contributed by atoms with E-state index in [1.165, 1.54) is 0 Å². The molecule has 4 N–H and O–H groups in total. The lowest BCUT2D eigenvalue weighted by Gasteiger charge is -2.17. The van der Waals surface area contributed by atoms with Crippen molar-refractivity contribution in [1.29, 1.82) is 0 Å². The van der Waals surface area contributed by atoms with Crippen molar-refractivity contribution >= 4 is 11.6 Å². The van der Waals surface area contributed by atoms with Gasteiger partial charge in [0.05, 0.1) is 5.69 Å². The van der Waals surface area contributed by atoms with Gasteiger partial charge in [-0.3, -0.25) is 9.48 Å². The first-order chi connectivity index (χ1) is 6.29. The third-order valence-corrected chi connectivity index (χ3v) is 1.66. The average Bonchev–Trinajstić information content (AvgIpc) is 2.26. The Bertz CT molecular complexity index is 348. The van der Waals surface area contributed by atoms with Crippen LogP contribution in [-0.2, 0) is 6.54 Å². The molecule has 1 amide bonds. The van der Waals surface area contributed by atoms with Gasteiger partial charge < -0.3 is 11.5 Å². The highest BCUT2D eigenvalue weighted by Gasteiger charge is 2.16. The van der Waals surface area contributed by atoms with Gasteiger partial charge in [0.1, 0.15) is 0 Å². The zero-order valence-corrected chi connectivity index (χ0v) is 8.74. The number of amides is 1. The van der Waals surface area contributed by atoms with Crippen LogP contribution in [0.4, 0.5) is 5.69 Å². The zero-order valence-electron chi connectivity index (χ0n) is 8.74. The topological polar surface area (TPSA) is 86.9 Å². The average molecular weight is 196 g/mol. The number of anilines is 1. The molecule has 0 aliphatic carbocycles. The predicted molar refractivity (Wildman–Crippen MR) is 54.6 cm³/mol. The van der Waals surface area contributed by atoms with Crippen molar-refractivity contribution < 1.29 is 4.79 Å². The van der Waals surface area contributed by atoms with Crippen molar-refractivity contribution in [2.24, 2.45) is 11.1 Å². The van der Waals surface area contributed by atoms with E-state index < -0.39 is 5.91 Å². The first-order valence-electron chi connectivity index (χ1n) is 4.42. The van der Waals surface area contributed by atoms with Crippen LogP contribution in [0, 0.1) is 5.41 Å². The van der Waals surface area contributed by atoms with Crippen LogP contribution in [-0.4, -0.2) is 15.7 Å². The highest BCUT2D eigenvalue weighted by Crippen LogP contribution is 2.17. The van der Waals surface area contributed by atoms with Crippen molar-refractivity contribution in [3.8, 4) is 0 Å². The van der Waals surface area contributed by atoms with E-state index in [2.05, 4.69) is 25.9 Å². The fraction of sp³-hybridized carbons (Fsp3) is 0.556. The van der Waals surface area contributed by atoms with Crippen LogP contribution < -0.4 is 11.5 Å². The van der Waals surface area contributed by atoms with Crippen molar-refractivity contribution in [2.45, 2.75) is 27.3 Å². The summed E-state index contributed by atoms with van der Waals surface area (Å²) in [5.41, 5.74) is 11.2. The molecule has 1 aromatic heterocycles. The minimum Gasteiger partial charge on any atom is -0.396 e. The maximum atomic E-state index is 10.9. The number of nitrogen functional groups attached to an aromatic ring is 1. The van der Waals surface area contributed by atoms with E-state index in [-0.39, 0.29) is 11.1 Å². The van der Waals surface area contributed by atoms with Crippen LogP contribution in [0.5, 0.6) is 0 Å². The Kier molecular flexibility index (Phi) is 2.51. The van der Waals surface area contributed by atoms with Crippen LogP contribution in [0.3, 0.4) is 0 Å². The highest BCUT2D eigenvalue weighted by molar-refractivity contribution is 5.95. The molecule has 5 heteroatoms. The Balaban J connectivity index is 2.92. The Labute approximate surface area is 83.1 Å². The number of carbonyl (C=O) groups is 1. The number of nitrogens with two attached hydrogens (primary N) is 2. The number of nitrogens with zero attached hydrogens (tertiary/aromatic N) is 2. The minimum absolute atomic E-state index is 0.0907. The maximum absolute atomic E-state index is 10.9. The van der Waals surface area contributed by atoms with Gasteiger partial charge in [0.15, 0.2) is 5.69 Å². The van der Waals surface area contributed by atoms with E-state index in [0.29, 0.717) is 12.2 Å². The molecule has 1 heterocycles. The molecule has 0 spiro atoms. The van der Waals surface area contributed by atoms with Crippen LogP contribution in [0.2, 0.25) is 0 Å². The largest absolute Gasteiger partial charge is 0.396 e. The second-order valence-electron chi connectivity index (χ2n) is 4.56. The molecule has 0 aliphatic rings. The Hall–Kier alpha value is -1.52. The summed E-state index contributed by atoms with van der Waals surface area (Å²) in [6.07, 6.45) is 1.63. The number of rotatable bonds is 2. The summed E-state index contributed by atoms with van der Waals surface area (Å²) in [4.78, 5) is 10.9. The molecule has 0 saturated heterocycles.